The van der Waals surface area contributed by atoms with E-state index in [4.69, 9.17) is 5.73 Å². The Hall–Kier alpha value is -1.84. The number of amides is 1. The number of anilines is 1. The van der Waals surface area contributed by atoms with E-state index in [0.29, 0.717) is 12.0 Å². The third kappa shape index (κ3) is 2.05. The molecule has 0 radical (unpaired) electrons. The zero-order valence-electron chi connectivity index (χ0n) is 9.12. The Morgan fingerprint density at radius 3 is 3.00 bits per heavy atom. The van der Waals surface area contributed by atoms with Crippen molar-refractivity contribution in [2.45, 2.75) is 25.8 Å². The SMILES string of the molecule is Cc1ccc2c(c1)C(=O)CC(CC(N)=O)N2. The molecular formula is C12H14N2O2. The second-order valence-electron chi connectivity index (χ2n) is 4.19. The predicted molar refractivity (Wildman–Crippen MR) is 61.3 cm³/mol. The summed E-state index contributed by atoms with van der Waals surface area (Å²) in [6, 6.07) is 5.51. The molecule has 0 aromatic heterocycles. The molecule has 1 aromatic carbocycles. The van der Waals surface area contributed by atoms with Gasteiger partial charge in [0.1, 0.15) is 0 Å². The highest BCUT2D eigenvalue weighted by molar-refractivity contribution is 6.04. The highest BCUT2D eigenvalue weighted by atomic mass is 16.1. The molecule has 4 heteroatoms. The van der Waals surface area contributed by atoms with Crippen LogP contribution in [0.4, 0.5) is 5.69 Å². The van der Waals surface area contributed by atoms with Crippen LogP contribution in [0, 0.1) is 6.92 Å². The lowest BCUT2D eigenvalue weighted by atomic mass is 9.94. The summed E-state index contributed by atoms with van der Waals surface area (Å²) in [4.78, 5) is 22.6. The zero-order chi connectivity index (χ0) is 11.7. The topological polar surface area (TPSA) is 72.2 Å². The molecule has 1 heterocycles. The van der Waals surface area contributed by atoms with Crippen molar-refractivity contribution >= 4 is 17.4 Å². The minimum Gasteiger partial charge on any atom is -0.381 e. The van der Waals surface area contributed by atoms with Crippen LogP contribution in [0.3, 0.4) is 0 Å². The second-order valence-corrected chi connectivity index (χ2v) is 4.19. The lowest BCUT2D eigenvalue weighted by Gasteiger charge is -2.25. The summed E-state index contributed by atoms with van der Waals surface area (Å²) >= 11 is 0. The first-order valence-corrected chi connectivity index (χ1v) is 5.25. The third-order valence-corrected chi connectivity index (χ3v) is 2.71. The number of hydrogen-bond donors (Lipinski definition) is 2. The number of primary amides is 1. The molecule has 1 aliphatic heterocycles. The second kappa shape index (κ2) is 3.96. The minimum atomic E-state index is -0.388. The Balaban J connectivity index is 2.26. The van der Waals surface area contributed by atoms with Gasteiger partial charge in [-0.3, -0.25) is 9.59 Å². The van der Waals surface area contributed by atoms with Gasteiger partial charge in [-0.15, -0.1) is 0 Å². The van der Waals surface area contributed by atoms with Crippen molar-refractivity contribution in [2.75, 3.05) is 5.32 Å². The van der Waals surface area contributed by atoms with E-state index in [9.17, 15) is 9.59 Å². The molecule has 0 bridgehead atoms. The van der Waals surface area contributed by atoms with Crippen molar-refractivity contribution in [3.63, 3.8) is 0 Å². The van der Waals surface area contributed by atoms with E-state index in [1.165, 1.54) is 0 Å². The molecule has 0 aliphatic carbocycles. The minimum absolute atomic E-state index is 0.0729. The number of Topliss-reactive ketones (excluding diaryl/α,β-unsaturated/α-hetero) is 1. The number of fused-ring (bicyclic) bond motifs is 1. The van der Waals surface area contributed by atoms with Gasteiger partial charge in [-0.05, 0) is 19.1 Å². The van der Waals surface area contributed by atoms with Crippen LogP contribution in [0.5, 0.6) is 0 Å². The maximum absolute atomic E-state index is 11.8. The van der Waals surface area contributed by atoms with Gasteiger partial charge in [-0.25, -0.2) is 0 Å². The smallest absolute Gasteiger partial charge is 0.219 e. The first kappa shape index (κ1) is 10.7. The number of hydrogen-bond acceptors (Lipinski definition) is 3. The van der Waals surface area contributed by atoms with Gasteiger partial charge in [-0.2, -0.15) is 0 Å². The van der Waals surface area contributed by atoms with Crippen molar-refractivity contribution < 1.29 is 9.59 Å². The summed E-state index contributed by atoms with van der Waals surface area (Å²) in [5.74, 6) is -0.315. The molecule has 0 spiro atoms. The summed E-state index contributed by atoms with van der Waals surface area (Å²) in [6.45, 7) is 1.95. The average molecular weight is 218 g/mol. The molecule has 1 amide bonds. The van der Waals surface area contributed by atoms with Crippen LogP contribution in [-0.2, 0) is 4.79 Å². The van der Waals surface area contributed by atoms with Crippen LogP contribution in [0.25, 0.3) is 0 Å². The van der Waals surface area contributed by atoms with Gasteiger partial charge in [0.25, 0.3) is 0 Å². The molecule has 3 N–H and O–H groups in total. The molecule has 0 fully saturated rings. The molecule has 4 nitrogen and oxygen atoms in total. The lowest BCUT2D eigenvalue weighted by Crippen LogP contribution is -2.33. The van der Waals surface area contributed by atoms with Gasteiger partial charge >= 0.3 is 0 Å². The van der Waals surface area contributed by atoms with Crippen molar-refractivity contribution in [3.05, 3.63) is 29.3 Å². The quantitative estimate of drug-likeness (QED) is 0.784. The summed E-state index contributed by atoms with van der Waals surface area (Å²) in [7, 11) is 0. The van der Waals surface area contributed by atoms with Crippen LogP contribution in [0.1, 0.15) is 28.8 Å². The lowest BCUT2D eigenvalue weighted by molar-refractivity contribution is -0.118. The van der Waals surface area contributed by atoms with Gasteiger partial charge in [0, 0.05) is 30.1 Å². The standard InChI is InChI=1S/C12H14N2O2/c1-7-2-3-10-9(4-7)11(15)5-8(14-10)6-12(13)16/h2-4,8,14H,5-6H2,1H3,(H2,13,16). The van der Waals surface area contributed by atoms with E-state index >= 15 is 0 Å². The molecule has 1 unspecified atom stereocenters. The molecule has 0 saturated heterocycles. The van der Waals surface area contributed by atoms with Crippen LogP contribution >= 0.6 is 0 Å². The van der Waals surface area contributed by atoms with E-state index in [1.54, 1.807) is 0 Å². The van der Waals surface area contributed by atoms with Crippen molar-refractivity contribution in [1.29, 1.82) is 0 Å². The van der Waals surface area contributed by atoms with Gasteiger partial charge < -0.3 is 11.1 Å². The zero-order valence-corrected chi connectivity index (χ0v) is 9.12. The van der Waals surface area contributed by atoms with Crippen molar-refractivity contribution in [1.82, 2.24) is 0 Å². The monoisotopic (exact) mass is 218 g/mol. The molecule has 16 heavy (non-hydrogen) atoms. The van der Waals surface area contributed by atoms with E-state index in [0.717, 1.165) is 11.3 Å². The Morgan fingerprint density at radius 1 is 1.56 bits per heavy atom. The normalized spacial score (nSPS) is 18.8. The molecule has 84 valence electrons. The van der Waals surface area contributed by atoms with Crippen LogP contribution in [-0.4, -0.2) is 17.7 Å². The Bertz CT molecular complexity index is 454. The first-order valence-electron chi connectivity index (χ1n) is 5.25. The Morgan fingerprint density at radius 2 is 2.31 bits per heavy atom. The highest BCUT2D eigenvalue weighted by Gasteiger charge is 2.25. The number of carbonyl (C=O) groups is 2. The fourth-order valence-electron chi connectivity index (χ4n) is 1.99. The van der Waals surface area contributed by atoms with Crippen molar-refractivity contribution in [2.24, 2.45) is 5.73 Å². The van der Waals surface area contributed by atoms with E-state index in [2.05, 4.69) is 5.32 Å². The number of aryl methyl sites for hydroxylation is 1. The van der Waals surface area contributed by atoms with E-state index < -0.39 is 0 Å². The number of nitrogens with two attached hydrogens (primary N) is 1. The number of nitrogens with one attached hydrogen (secondary N) is 1. The van der Waals surface area contributed by atoms with E-state index in [-0.39, 0.29) is 24.2 Å². The Labute approximate surface area is 93.8 Å². The highest BCUT2D eigenvalue weighted by Crippen LogP contribution is 2.26. The van der Waals surface area contributed by atoms with Gasteiger partial charge in [0.05, 0.1) is 0 Å². The van der Waals surface area contributed by atoms with Crippen molar-refractivity contribution in [3.8, 4) is 0 Å². The van der Waals surface area contributed by atoms with Crippen LogP contribution in [0.15, 0.2) is 18.2 Å². The molecule has 1 aliphatic rings. The number of rotatable bonds is 2. The van der Waals surface area contributed by atoms with Gasteiger partial charge in [-0.1, -0.05) is 11.6 Å². The average Bonchev–Trinajstić information content (AvgIpc) is 2.18. The summed E-state index contributed by atoms with van der Waals surface area (Å²) < 4.78 is 0. The Kier molecular flexibility index (Phi) is 2.64. The predicted octanol–water partition coefficient (Wildman–Crippen LogP) is 1.24. The summed E-state index contributed by atoms with van der Waals surface area (Å²) in [6.07, 6.45) is 0.526. The molecule has 0 saturated carbocycles. The molecular weight excluding hydrogens is 204 g/mol. The third-order valence-electron chi connectivity index (χ3n) is 2.71. The molecule has 1 aromatic rings. The number of carbonyl (C=O) groups excluding carboxylic acids is 2. The largest absolute Gasteiger partial charge is 0.381 e. The fraction of sp³-hybridized carbons (Fsp3) is 0.333. The first-order chi connectivity index (χ1) is 7.56. The van der Waals surface area contributed by atoms with Gasteiger partial charge in [0.15, 0.2) is 5.78 Å². The van der Waals surface area contributed by atoms with Gasteiger partial charge in [0.2, 0.25) is 5.91 Å². The number of benzene rings is 1. The van der Waals surface area contributed by atoms with Crippen LogP contribution in [0.2, 0.25) is 0 Å². The maximum Gasteiger partial charge on any atom is 0.219 e. The molecule has 1 atom stereocenters. The van der Waals surface area contributed by atoms with E-state index in [1.807, 2.05) is 25.1 Å². The number of ketones is 1. The summed E-state index contributed by atoms with van der Waals surface area (Å²) in [5, 5.41) is 3.16. The van der Waals surface area contributed by atoms with Crippen LogP contribution < -0.4 is 11.1 Å². The maximum atomic E-state index is 11.8. The fourth-order valence-corrected chi connectivity index (χ4v) is 1.99. The molecule has 2 rings (SSSR count). The summed E-state index contributed by atoms with van der Waals surface area (Å²) in [5.41, 5.74) is 7.69.